The fraction of sp³-hybridized carbons (Fsp3) is 0.562. The molecule has 0 aliphatic rings. The summed E-state index contributed by atoms with van der Waals surface area (Å²) < 4.78 is 38.9. The Labute approximate surface area is 262 Å². The molecule has 0 radical (unpaired) electrons. The summed E-state index contributed by atoms with van der Waals surface area (Å²) in [6.45, 7) is 8.48. The summed E-state index contributed by atoms with van der Waals surface area (Å²) in [6.07, 6.45) is -0.371. The van der Waals surface area contributed by atoms with Gasteiger partial charge in [-0.2, -0.15) is 4.31 Å². The van der Waals surface area contributed by atoms with Crippen LogP contribution in [-0.2, 0) is 30.8 Å². The van der Waals surface area contributed by atoms with Crippen LogP contribution < -0.4 is 20.7 Å². The number of nitrogens with zero attached hydrogens (tertiary/aromatic N) is 1. The zero-order valence-corrected chi connectivity index (χ0v) is 27.6. The van der Waals surface area contributed by atoms with Crippen molar-refractivity contribution in [2.75, 3.05) is 47.0 Å². The number of rotatable bonds is 20. The van der Waals surface area contributed by atoms with Crippen LogP contribution >= 0.6 is 0 Å². The molecule has 1 unspecified atom stereocenters. The molecule has 0 aliphatic heterocycles. The fourth-order valence-corrected chi connectivity index (χ4v) is 6.26. The van der Waals surface area contributed by atoms with Crippen LogP contribution in [0.1, 0.15) is 39.7 Å². The molecule has 0 aliphatic carbocycles. The van der Waals surface area contributed by atoms with Gasteiger partial charge in [0.25, 0.3) is 0 Å². The van der Waals surface area contributed by atoms with Crippen LogP contribution in [0.25, 0.3) is 0 Å². The number of amides is 2. The smallest absolute Gasteiger partial charge is 0.243 e. The minimum absolute atomic E-state index is 0.0209. The molecule has 11 nitrogen and oxygen atoms in total. The number of ether oxygens (including phenoxy) is 2. The van der Waals surface area contributed by atoms with Gasteiger partial charge in [0.15, 0.2) is 0 Å². The first-order chi connectivity index (χ1) is 20.9. The SMILES string of the molecule is CCC(C)[C@H](NC(=O)CNCCOC)C(=O)N[C@@H](Cc1ccccc1)[C@H](O)CN(CC(C)C)S(=O)(=O)c1ccc(OC)cc1. The third-order valence-electron chi connectivity index (χ3n) is 7.33. The molecule has 0 saturated carbocycles. The molecule has 2 aromatic rings. The highest BCUT2D eigenvalue weighted by atomic mass is 32.2. The second-order valence-electron chi connectivity index (χ2n) is 11.4. The zero-order chi connectivity index (χ0) is 32.7. The van der Waals surface area contributed by atoms with Gasteiger partial charge in [-0.1, -0.05) is 64.4 Å². The predicted octanol–water partition coefficient (Wildman–Crippen LogP) is 2.20. The van der Waals surface area contributed by atoms with Crippen LogP contribution in [0.5, 0.6) is 5.75 Å². The summed E-state index contributed by atoms with van der Waals surface area (Å²) in [7, 11) is -0.907. The highest BCUT2D eigenvalue weighted by molar-refractivity contribution is 7.89. The maximum Gasteiger partial charge on any atom is 0.243 e. The molecule has 0 aromatic heterocycles. The van der Waals surface area contributed by atoms with E-state index >= 15 is 0 Å². The number of carbonyl (C=O) groups is 2. The maximum atomic E-state index is 13.7. The van der Waals surface area contributed by atoms with Crippen molar-refractivity contribution in [3.63, 3.8) is 0 Å². The number of aliphatic hydroxyl groups excluding tert-OH is 1. The lowest BCUT2D eigenvalue weighted by atomic mass is 9.96. The van der Waals surface area contributed by atoms with Crippen molar-refractivity contribution in [3.05, 3.63) is 60.2 Å². The molecular formula is C32H50N4O7S. The Morgan fingerprint density at radius 1 is 0.955 bits per heavy atom. The van der Waals surface area contributed by atoms with Crippen LogP contribution in [0.15, 0.2) is 59.5 Å². The number of hydrogen-bond donors (Lipinski definition) is 4. The summed E-state index contributed by atoms with van der Waals surface area (Å²) in [6, 6.07) is 13.8. The van der Waals surface area contributed by atoms with E-state index in [-0.39, 0.29) is 48.7 Å². The number of carbonyl (C=O) groups excluding carboxylic acids is 2. The quantitative estimate of drug-likeness (QED) is 0.162. The van der Waals surface area contributed by atoms with Gasteiger partial charge in [-0.05, 0) is 48.1 Å². The highest BCUT2D eigenvalue weighted by Gasteiger charge is 2.34. The van der Waals surface area contributed by atoms with E-state index in [0.29, 0.717) is 25.3 Å². The van der Waals surface area contributed by atoms with E-state index in [4.69, 9.17) is 9.47 Å². The van der Waals surface area contributed by atoms with Gasteiger partial charge in [0.05, 0.1) is 37.3 Å². The minimum atomic E-state index is -3.98. The number of hydrogen-bond acceptors (Lipinski definition) is 8. The lowest BCUT2D eigenvalue weighted by molar-refractivity contribution is -0.131. The van der Waals surface area contributed by atoms with Gasteiger partial charge in [0.2, 0.25) is 21.8 Å². The number of benzene rings is 2. The topological polar surface area (TPSA) is 146 Å². The average molecular weight is 635 g/mol. The average Bonchev–Trinajstić information content (AvgIpc) is 3.01. The third-order valence-corrected chi connectivity index (χ3v) is 9.17. The molecule has 4 N–H and O–H groups in total. The van der Waals surface area contributed by atoms with E-state index in [0.717, 1.165) is 5.56 Å². The number of aliphatic hydroxyl groups is 1. The zero-order valence-electron chi connectivity index (χ0n) is 26.8. The molecule has 0 spiro atoms. The molecule has 246 valence electrons. The first-order valence-corrected chi connectivity index (χ1v) is 16.5. The molecular weight excluding hydrogens is 584 g/mol. The molecule has 12 heteroatoms. The summed E-state index contributed by atoms with van der Waals surface area (Å²) in [5.74, 6) is -0.479. The molecule has 0 bridgehead atoms. The van der Waals surface area contributed by atoms with Crippen molar-refractivity contribution in [1.82, 2.24) is 20.3 Å². The summed E-state index contributed by atoms with van der Waals surface area (Å²) in [4.78, 5) is 26.4. The van der Waals surface area contributed by atoms with Crippen LogP contribution in [0.4, 0.5) is 0 Å². The van der Waals surface area contributed by atoms with Crippen LogP contribution in [0.3, 0.4) is 0 Å². The molecule has 0 heterocycles. The van der Waals surface area contributed by atoms with Gasteiger partial charge in [0, 0.05) is 26.7 Å². The summed E-state index contributed by atoms with van der Waals surface area (Å²) in [5, 5.41) is 20.3. The van der Waals surface area contributed by atoms with E-state index in [2.05, 4.69) is 16.0 Å². The van der Waals surface area contributed by atoms with E-state index in [9.17, 15) is 23.1 Å². The molecule has 2 rings (SSSR count). The van der Waals surface area contributed by atoms with Crippen molar-refractivity contribution in [2.45, 2.75) is 63.6 Å². The van der Waals surface area contributed by atoms with Gasteiger partial charge in [-0.15, -0.1) is 0 Å². The Morgan fingerprint density at radius 2 is 1.61 bits per heavy atom. The van der Waals surface area contributed by atoms with Gasteiger partial charge in [0.1, 0.15) is 11.8 Å². The van der Waals surface area contributed by atoms with E-state index in [1.807, 2.05) is 58.0 Å². The summed E-state index contributed by atoms with van der Waals surface area (Å²) >= 11 is 0. The Bertz CT molecular complexity index is 1240. The van der Waals surface area contributed by atoms with E-state index < -0.39 is 34.1 Å². The molecule has 4 atom stereocenters. The predicted molar refractivity (Wildman–Crippen MR) is 171 cm³/mol. The normalized spacial score (nSPS) is 14.6. The lowest BCUT2D eigenvalue weighted by Crippen LogP contribution is -2.57. The van der Waals surface area contributed by atoms with Gasteiger partial charge in [-0.3, -0.25) is 9.59 Å². The third kappa shape index (κ3) is 11.8. The second kappa shape index (κ2) is 18.7. The summed E-state index contributed by atoms with van der Waals surface area (Å²) in [5.41, 5.74) is 0.858. The number of sulfonamides is 1. The molecule has 0 fully saturated rings. The molecule has 0 saturated heterocycles. The Kier molecular flexibility index (Phi) is 15.8. The second-order valence-corrected chi connectivity index (χ2v) is 13.3. The van der Waals surface area contributed by atoms with E-state index in [1.165, 1.54) is 23.5 Å². The first-order valence-electron chi connectivity index (χ1n) is 15.1. The monoisotopic (exact) mass is 634 g/mol. The largest absolute Gasteiger partial charge is 0.497 e. The van der Waals surface area contributed by atoms with Gasteiger partial charge in [-0.25, -0.2) is 8.42 Å². The Balaban J connectivity index is 2.33. The molecule has 44 heavy (non-hydrogen) atoms. The van der Waals surface area contributed by atoms with Crippen molar-refractivity contribution in [2.24, 2.45) is 11.8 Å². The molecule has 2 amide bonds. The molecule has 2 aromatic carbocycles. The van der Waals surface area contributed by atoms with Crippen molar-refractivity contribution in [3.8, 4) is 5.75 Å². The van der Waals surface area contributed by atoms with E-state index in [1.54, 1.807) is 19.2 Å². The fourth-order valence-electron chi connectivity index (χ4n) is 4.64. The first kappa shape index (κ1) is 37.2. The number of nitrogens with one attached hydrogen (secondary N) is 3. The highest BCUT2D eigenvalue weighted by Crippen LogP contribution is 2.22. The van der Waals surface area contributed by atoms with Crippen molar-refractivity contribution >= 4 is 21.8 Å². The van der Waals surface area contributed by atoms with Crippen molar-refractivity contribution in [1.29, 1.82) is 0 Å². The minimum Gasteiger partial charge on any atom is -0.497 e. The van der Waals surface area contributed by atoms with Crippen LogP contribution in [0, 0.1) is 11.8 Å². The van der Waals surface area contributed by atoms with Gasteiger partial charge < -0.3 is 30.5 Å². The van der Waals surface area contributed by atoms with Crippen LogP contribution in [0.2, 0.25) is 0 Å². The van der Waals surface area contributed by atoms with Crippen molar-refractivity contribution < 1.29 is 32.6 Å². The Morgan fingerprint density at radius 3 is 2.18 bits per heavy atom. The lowest BCUT2D eigenvalue weighted by Gasteiger charge is -2.32. The number of methoxy groups -OCH3 is 2. The standard InChI is InChI=1S/C32H50N4O7S/c1-7-24(4)31(35-30(38)20-33-17-18-42-5)32(39)34-28(19-25-11-9-8-10-12-25)29(37)22-36(21-23(2)3)44(40,41)27-15-13-26(43-6)14-16-27/h8-16,23-24,28-29,31,33,37H,7,17-22H2,1-6H3,(H,34,39)(H,35,38)/t24?,28-,29+,31-/m0/s1. The Hall–Kier alpha value is -3.03. The maximum absolute atomic E-state index is 13.7. The van der Waals surface area contributed by atoms with Crippen LogP contribution in [-0.4, -0.2) is 94.8 Å². The van der Waals surface area contributed by atoms with Gasteiger partial charge >= 0.3 is 0 Å².